The number of para-hydroxylation sites is 2. The number of halogens is 1. The molecule has 1 heterocycles. The van der Waals surface area contributed by atoms with Crippen molar-refractivity contribution in [2.75, 3.05) is 5.32 Å². The topological polar surface area (TPSA) is 42.2 Å². The van der Waals surface area contributed by atoms with Crippen molar-refractivity contribution in [3.8, 4) is 11.3 Å². The number of carbonyl (C=O) groups is 1. The van der Waals surface area contributed by atoms with Crippen LogP contribution in [0, 0.1) is 5.82 Å². The van der Waals surface area contributed by atoms with Gasteiger partial charge in [0.1, 0.15) is 11.6 Å². The first-order valence-electron chi connectivity index (χ1n) is 6.44. The smallest absolute Gasteiger partial charge is 0.185 e. The summed E-state index contributed by atoms with van der Waals surface area (Å²) in [5, 5.41) is 3.04. The average molecular weight is 281 g/mol. The SMILES string of the molecule is O=Cc1ccc(-c2ccccc2Nc2ccccc2F)o1. The lowest BCUT2D eigenvalue weighted by molar-refractivity contribution is 0.110. The third-order valence-corrected chi connectivity index (χ3v) is 3.08. The maximum Gasteiger partial charge on any atom is 0.185 e. The van der Waals surface area contributed by atoms with Crippen LogP contribution in [0.4, 0.5) is 15.8 Å². The molecule has 0 fully saturated rings. The maximum absolute atomic E-state index is 13.7. The molecule has 104 valence electrons. The van der Waals surface area contributed by atoms with Crippen LogP contribution in [0.15, 0.2) is 65.1 Å². The molecular formula is C17H12FNO2. The lowest BCUT2D eigenvalue weighted by atomic mass is 10.1. The molecule has 0 atom stereocenters. The van der Waals surface area contributed by atoms with Gasteiger partial charge in [0.15, 0.2) is 12.0 Å². The first-order chi connectivity index (χ1) is 10.3. The monoisotopic (exact) mass is 281 g/mol. The number of furan rings is 1. The lowest BCUT2D eigenvalue weighted by Gasteiger charge is -2.11. The number of benzene rings is 2. The zero-order chi connectivity index (χ0) is 14.7. The molecule has 1 aromatic heterocycles. The largest absolute Gasteiger partial charge is 0.453 e. The van der Waals surface area contributed by atoms with Crippen LogP contribution in [0.1, 0.15) is 10.6 Å². The number of aldehydes is 1. The molecular weight excluding hydrogens is 269 g/mol. The van der Waals surface area contributed by atoms with Crippen molar-refractivity contribution in [3.05, 3.63) is 72.2 Å². The number of carbonyl (C=O) groups excluding carboxylic acids is 1. The lowest BCUT2D eigenvalue weighted by Crippen LogP contribution is -1.95. The Morgan fingerprint density at radius 2 is 1.62 bits per heavy atom. The maximum atomic E-state index is 13.7. The first kappa shape index (κ1) is 13.1. The fraction of sp³-hybridized carbons (Fsp3) is 0. The van der Waals surface area contributed by atoms with E-state index < -0.39 is 0 Å². The van der Waals surface area contributed by atoms with Crippen LogP contribution in [0.25, 0.3) is 11.3 Å². The standard InChI is InChI=1S/C17H12FNO2/c18-14-6-2-4-8-16(14)19-15-7-3-1-5-13(15)17-10-9-12(11-20)21-17/h1-11,19H. The number of hydrogen-bond acceptors (Lipinski definition) is 3. The molecule has 2 aromatic carbocycles. The molecule has 0 radical (unpaired) electrons. The zero-order valence-electron chi connectivity index (χ0n) is 11.0. The molecule has 3 nitrogen and oxygen atoms in total. The summed E-state index contributed by atoms with van der Waals surface area (Å²) in [6, 6.07) is 17.1. The van der Waals surface area contributed by atoms with Crippen molar-refractivity contribution in [3.63, 3.8) is 0 Å². The molecule has 0 aliphatic carbocycles. The molecule has 0 aliphatic heterocycles. The fourth-order valence-corrected chi connectivity index (χ4v) is 2.08. The Balaban J connectivity index is 2.00. The highest BCUT2D eigenvalue weighted by molar-refractivity contribution is 5.80. The van der Waals surface area contributed by atoms with Crippen molar-refractivity contribution in [2.45, 2.75) is 0 Å². The van der Waals surface area contributed by atoms with Crippen LogP contribution in [-0.4, -0.2) is 6.29 Å². The van der Waals surface area contributed by atoms with E-state index in [1.807, 2.05) is 24.3 Å². The quantitative estimate of drug-likeness (QED) is 0.708. The predicted molar refractivity (Wildman–Crippen MR) is 79.2 cm³/mol. The second-order valence-electron chi connectivity index (χ2n) is 4.47. The summed E-state index contributed by atoms with van der Waals surface area (Å²) in [5.41, 5.74) is 1.84. The molecule has 0 spiro atoms. The van der Waals surface area contributed by atoms with Crippen molar-refractivity contribution in [1.29, 1.82) is 0 Å². The number of nitrogens with one attached hydrogen (secondary N) is 1. The van der Waals surface area contributed by atoms with E-state index in [0.717, 1.165) is 5.56 Å². The normalized spacial score (nSPS) is 10.3. The van der Waals surface area contributed by atoms with E-state index in [-0.39, 0.29) is 11.6 Å². The van der Waals surface area contributed by atoms with Gasteiger partial charge in [0, 0.05) is 11.3 Å². The van der Waals surface area contributed by atoms with E-state index in [0.29, 0.717) is 23.4 Å². The van der Waals surface area contributed by atoms with Gasteiger partial charge in [-0.25, -0.2) is 4.39 Å². The third kappa shape index (κ3) is 2.69. The third-order valence-electron chi connectivity index (χ3n) is 3.08. The van der Waals surface area contributed by atoms with Crippen molar-refractivity contribution >= 4 is 17.7 Å². The summed E-state index contributed by atoms with van der Waals surface area (Å²) in [7, 11) is 0. The van der Waals surface area contributed by atoms with Gasteiger partial charge in [-0.3, -0.25) is 4.79 Å². The van der Waals surface area contributed by atoms with E-state index in [9.17, 15) is 9.18 Å². The first-order valence-corrected chi connectivity index (χ1v) is 6.44. The van der Waals surface area contributed by atoms with Gasteiger partial charge >= 0.3 is 0 Å². The predicted octanol–water partition coefficient (Wildman–Crippen LogP) is 4.64. The molecule has 0 aliphatic rings. The highest BCUT2D eigenvalue weighted by Crippen LogP contribution is 2.31. The minimum Gasteiger partial charge on any atom is -0.453 e. The van der Waals surface area contributed by atoms with Gasteiger partial charge in [-0.2, -0.15) is 0 Å². The molecule has 0 bridgehead atoms. The second-order valence-corrected chi connectivity index (χ2v) is 4.47. The van der Waals surface area contributed by atoms with Gasteiger partial charge in [0.25, 0.3) is 0 Å². The molecule has 4 heteroatoms. The van der Waals surface area contributed by atoms with Gasteiger partial charge in [-0.15, -0.1) is 0 Å². The Bertz CT molecular complexity index is 780. The van der Waals surface area contributed by atoms with E-state index in [1.165, 1.54) is 6.07 Å². The van der Waals surface area contributed by atoms with Crippen LogP contribution in [0.2, 0.25) is 0 Å². The molecule has 0 saturated carbocycles. The summed E-state index contributed by atoms with van der Waals surface area (Å²) in [4.78, 5) is 10.7. The molecule has 0 amide bonds. The summed E-state index contributed by atoms with van der Waals surface area (Å²) in [6.07, 6.45) is 0.649. The van der Waals surface area contributed by atoms with Gasteiger partial charge in [0.2, 0.25) is 0 Å². The highest BCUT2D eigenvalue weighted by Gasteiger charge is 2.10. The molecule has 1 N–H and O–H groups in total. The van der Waals surface area contributed by atoms with E-state index in [2.05, 4.69) is 5.32 Å². The van der Waals surface area contributed by atoms with Crippen LogP contribution in [0.5, 0.6) is 0 Å². The number of hydrogen-bond donors (Lipinski definition) is 1. The molecule has 0 unspecified atom stereocenters. The van der Waals surface area contributed by atoms with Crippen LogP contribution in [-0.2, 0) is 0 Å². The molecule has 3 aromatic rings. The minimum absolute atomic E-state index is 0.255. The van der Waals surface area contributed by atoms with Gasteiger partial charge in [0.05, 0.1) is 5.69 Å². The molecule has 3 rings (SSSR count). The Labute approximate surface area is 121 Å². The molecule has 21 heavy (non-hydrogen) atoms. The average Bonchev–Trinajstić information content (AvgIpc) is 2.99. The Morgan fingerprint density at radius 3 is 2.33 bits per heavy atom. The van der Waals surface area contributed by atoms with Gasteiger partial charge in [-0.05, 0) is 36.4 Å². The fourth-order valence-electron chi connectivity index (χ4n) is 2.08. The molecule has 0 saturated heterocycles. The number of anilines is 2. The minimum atomic E-state index is -0.333. The van der Waals surface area contributed by atoms with Crippen molar-refractivity contribution in [1.82, 2.24) is 0 Å². The second kappa shape index (κ2) is 5.63. The van der Waals surface area contributed by atoms with Crippen molar-refractivity contribution < 1.29 is 13.6 Å². The Kier molecular flexibility index (Phi) is 3.51. The van der Waals surface area contributed by atoms with Gasteiger partial charge < -0.3 is 9.73 Å². The van der Waals surface area contributed by atoms with Crippen LogP contribution >= 0.6 is 0 Å². The highest BCUT2D eigenvalue weighted by atomic mass is 19.1. The van der Waals surface area contributed by atoms with E-state index in [4.69, 9.17) is 4.42 Å². The van der Waals surface area contributed by atoms with Crippen LogP contribution in [0.3, 0.4) is 0 Å². The Morgan fingerprint density at radius 1 is 0.905 bits per heavy atom. The van der Waals surface area contributed by atoms with Crippen LogP contribution < -0.4 is 5.32 Å². The van der Waals surface area contributed by atoms with E-state index in [1.54, 1.807) is 30.3 Å². The summed E-state index contributed by atoms with van der Waals surface area (Å²) in [6.45, 7) is 0. The zero-order valence-corrected chi connectivity index (χ0v) is 11.0. The number of rotatable bonds is 4. The van der Waals surface area contributed by atoms with Crippen molar-refractivity contribution in [2.24, 2.45) is 0 Å². The summed E-state index contributed by atoms with van der Waals surface area (Å²) in [5.74, 6) is 0.475. The van der Waals surface area contributed by atoms with E-state index >= 15 is 0 Å². The van der Waals surface area contributed by atoms with Gasteiger partial charge in [-0.1, -0.05) is 24.3 Å². The summed E-state index contributed by atoms with van der Waals surface area (Å²) < 4.78 is 19.2. The Hall–Kier alpha value is -2.88. The summed E-state index contributed by atoms with van der Waals surface area (Å²) >= 11 is 0.